The molecule has 0 unspecified atom stereocenters. The van der Waals surface area contributed by atoms with E-state index < -0.39 is 5.97 Å². The zero-order valence-electron chi connectivity index (χ0n) is 15.8. The molecular formula is C22H17N3O4S. The summed E-state index contributed by atoms with van der Waals surface area (Å²) in [5, 5.41) is 20.4. The first-order chi connectivity index (χ1) is 14.6. The van der Waals surface area contributed by atoms with Gasteiger partial charge in [0.05, 0.1) is 0 Å². The van der Waals surface area contributed by atoms with Gasteiger partial charge >= 0.3 is 5.97 Å². The van der Waals surface area contributed by atoms with Crippen LogP contribution < -0.4 is 4.90 Å². The minimum absolute atomic E-state index is 0.0886. The van der Waals surface area contributed by atoms with E-state index >= 15 is 0 Å². The molecule has 2 aliphatic rings. The minimum Gasteiger partial charge on any atom is -0.504 e. The van der Waals surface area contributed by atoms with Crippen molar-refractivity contribution in [1.82, 2.24) is 4.98 Å². The van der Waals surface area contributed by atoms with Gasteiger partial charge in [0.15, 0.2) is 22.9 Å². The molecule has 0 radical (unpaired) electrons. The number of aromatic hydroxyl groups is 1. The number of aliphatic imine (C=N–C) groups is 1. The first kappa shape index (κ1) is 18.5. The van der Waals surface area contributed by atoms with Gasteiger partial charge < -0.3 is 19.5 Å². The van der Waals surface area contributed by atoms with Crippen molar-refractivity contribution in [2.75, 3.05) is 17.2 Å². The summed E-state index contributed by atoms with van der Waals surface area (Å²) < 4.78 is 5.92. The zero-order valence-corrected chi connectivity index (χ0v) is 16.6. The van der Waals surface area contributed by atoms with Crippen LogP contribution in [0.3, 0.4) is 0 Å². The van der Waals surface area contributed by atoms with E-state index in [0.717, 1.165) is 16.9 Å². The van der Waals surface area contributed by atoms with Crippen LogP contribution in [0.4, 0.5) is 11.7 Å². The van der Waals surface area contributed by atoms with Crippen molar-refractivity contribution in [3.8, 4) is 5.75 Å². The average Bonchev–Trinajstić information content (AvgIpc) is 3.21. The van der Waals surface area contributed by atoms with Gasteiger partial charge in [0, 0.05) is 47.3 Å². The van der Waals surface area contributed by atoms with Crippen LogP contribution in [0.15, 0.2) is 56.9 Å². The minimum atomic E-state index is -1.23. The van der Waals surface area contributed by atoms with Crippen molar-refractivity contribution in [3.05, 3.63) is 65.0 Å². The number of carboxylic acids is 1. The number of carbonyl (C=O) groups is 1. The van der Waals surface area contributed by atoms with Crippen LogP contribution in [0, 0.1) is 0 Å². The Morgan fingerprint density at radius 1 is 1.23 bits per heavy atom. The number of allylic oxidation sites excluding steroid dienone is 1. The van der Waals surface area contributed by atoms with Gasteiger partial charge in [0.1, 0.15) is 0 Å². The van der Waals surface area contributed by atoms with Crippen molar-refractivity contribution in [2.45, 2.75) is 11.4 Å². The molecule has 0 atom stereocenters. The lowest BCUT2D eigenvalue weighted by Crippen LogP contribution is -2.25. The SMILES string of the molecule is O=C(O)c1c(N2CCSc3ccccc3C2)oc(C=C2C=Nc3ncccc32)c1O. The standard InChI is InChI=1S/C22H17N3O4S/c26-19-16(10-14-11-24-20-15(14)5-3-7-23-20)29-21(18(19)22(27)28)25-8-9-30-17-6-2-1-4-13(17)12-25/h1-7,10-11,26H,8-9,12H2,(H,27,28). The average molecular weight is 419 g/mol. The van der Waals surface area contributed by atoms with Crippen molar-refractivity contribution in [3.63, 3.8) is 0 Å². The number of carboxylic acid groups (broad SMARTS) is 1. The molecule has 0 fully saturated rings. The normalized spacial score (nSPS) is 16.4. The molecule has 1 aromatic carbocycles. The molecular weight excluding hydrogens is 402 g/mol. The molecule has 5 rings (SSSR count). The lowest BCUT2D eigenvalue weighted by molar-refractivity contribution is 0.0694. The van der Waals surface area contributed by atoms with Gasteiger partial charge in [-0.2, -0.15) is 0 Å². The Morgan fingerprint density at radius 3 is 2.97 bits per heavy atom. The summed E-state index contributed by atoms with van der Waals surface area (Å²) in [6, 6.07) is 11.7. The van der Waals surface area contributed by atoms with Crippen molar-refractivity contribution < 1.29 is 19.4 Å². The number of thioether (sulfide) groups is 1. The molecule has 8 heteroatoms. The predicted octanol–water partition coefficient (Wildman–Crippen LogP) is 4.45. The van der Waals surface area contributed by atoms with Gasteiger partial charge in [-0.1, -0.05) is 18.2 Å². The van der Waals surface area contributed by atoms with E-state index in [0.29, 0.717) is 24.5 Å². The van der Waals surface area contributed by atoms with Crippen molar-refractivity contribution in [1.29, 1.82) is 0 Å². The predicted molar refractivity (Wildman–Crippen MR) is 116 cm³/mol. The van der Waals surface area contributed by atoms with E-state index in [1.165, 1.54) is 4.90 Å². The highest BCUT2D eigenvalue weighted by Gasteiger charge is 2.30. The Kier molecular flexibility index (Phi) is 4.55. The van der Waals surface area contributed by atoms with E-state index in [-0.39, 0.29) is 23.0 Å². The Bertz CT molecular complexity index is 1210. The van der Waals surface area contributed by atoms with E-state index in [2.05, 4.69) is 16.0 Å². The third kappa shape index (κ3) is 3.15. The number of hydrogen-bond donors (Lipinski definition) is 2. The molecule has 0 amide bonds. The molecule has 0 bridgehead atoms. The maximum Gasteiger partial charge on any atom is 0.345 e. The first-order valence-corrected chi connectivity index (χ1v) is 10.4. The second kappa shape index (κ2) is 7.38. The van der Waals surface area contributed by atoms with Crippen molar-refractivity contribution >= 4 is 47.3 Å². The lowest BCUT2D eigenvalue weighted by atomic mass is 10.1. The number of hydrogen-bond acceptors (Lipinski definition) is 7. The molecule has 0 saturated carbocycles. The van der Waals surface area contributed by atoms with Gasteiger partial charge in [-0.25, -0.2) is 14.8 Å². The van der Waals surface area contributed by atoms with E-state index in [1.54, 1.807) is 36.3 Å². The molecule has 0 aliphatic carbocycles. The van der Waals surface area contributed by atoms with Crippen molar-refractivity contribution in [2.24, 2.45) is 4.99 Å². The molecule has 2 aromatic heterocycles. The van der Waals surface area contributed by atoms with Crippen LogP contribution in [0.25, 0.3) is 11.6 Å². The number of pyridine rings is 1. The van der Waals surface area contributed by atoms with Crippen LogP contribution >= 0.6 is 11.8 Å². The smallest absolute Gasteiger partial charge is 0.345 e. The fourth-order valence-electron chi connectivity index (χ4n) is 3.62. The fraction of sp³-hybridized carbons (Fsp3) is 0.136. The third-order valence-corrected chi connectivity index (χ3v) is 6.15. The Hall–Kier alpha value is -3.52. The number of furan rings is 1. The summed E-state index contributed by atoms with van der Waals surface area (Å²) in [5.41, 5.74) is 2.36. The number of aromatic carboxylic acids is 1. The number of fused-ring (bicyclic) bond motifs is 2. The van der Waals surface area contributed by atoms with E-state index in [1.807, 2.05) is 29.2 Å². The summed E-state index contributed by atoms with van der Waals surface area (Å²) in [7, 11) is 0. The van der Waals surface area contributed by atoms with Gasteiger partial charge in [0.2, 0.25) is 5.88 Å². The van der Waals surface area contributed by atoms with Crippen LogP contribution in [-0.4, -0.2) is 39.7 Å². The molecule has 7 nitrogen and oxygen atoms in total. The monoisotopic (exact) mass is 419 g/mol. The summed E-state index contributed by atoms with van der Waals surface area (Å²) in [6.45, 7) is 1.09. The van der Waals surface area contributed by atoms with Crippen LogP contribution in [0.1, 0.15) is 27.2 Å². The topological polar surface area (TPSA) is 99.2 Å². The van der Waals surface area contributed by atoms with Gasteiger partial charge in [0.25, 0.3) is 0 Å². The molecule has 150 valence electrons. The third-order valence-electron chi connectivity index (χ3n) is 5.05. The van der Waals surface area contributed by atoms with Gasteiger partial charge in [-0.3, -0.25) is 0 Å². The molecule has 4 heterocycles. The highest BCUT2D eigenvalue weighted by atomic mass is 32.2. The van der Waals surface area contributed by atoms with Gasteiger partial charge in [-0.15, -0.1) is 11.8 Å². The molecule has 0 saturated heterocycles. The second-order valence-electron chi connectivity index (χ2n) is 6.91. The second-order valence-corrected chi connectivity index (χ2v) is 8.05. The highest BCUT2D eigenvalue weighted by molar-refractivity contribution is 7.99. The quantitative estimate of drug-likeness (QED) is 0.647. The Morgan fingerprint density at radius 2 is 2.10 bits per heavy atom. The Labute approximate surface area is 176 Å². The highest BCUT2D eigenvalue weighted by Crippen LogP contribution is 2.41. The maximum atomic E-state index is 12.0. The molecule has 0 spiro atoms. The molecule has 2 N–H and O–H groups in total. The molecule has 30 heavy (non-hydrogen) atoms. The number of benzene rings is 1. The van der Waals surface area contributed by atoms with Crippen LogP contribution in [0.2, 0.25) is 0 Å². The number of rotatable bonds is 3. The lowest BCUT2D eigenvalue weighted by Gasteiger charge is -2.20. The van der Waals surface area contributed by atoms with Crippen LogP contribution in [-0.2, 0) is 6.54 Å². The maximum absolute atomic E-state index is 12.0. The van der Waals surface area contributed by atoms with Gasteiger partial charge in [-0.05, 0) is 29.8 Å². The summed E-state index contributed by atoms with van der Waals surface area (Å²) in [6.07, 6.45) is 4.88. The van der Waals surface area contributed by atoms with E-state index in [9.17, 15) is 15.0 Å². The van der Waals surface area contributed by atoms with Crippen LogP contribution in [0.5, 0.6) is 5.75 Å². The molecule has 3 aromatic rings. The summed E-state index contributed by atoms with van der Waals surface area (Å²) >= 11 is 1.72. The number of nitrogens with zero attached hydrogens (tertiary/aromatic N) is 3. The summed E-state index contributed by atoms with van der Waals surface area (Å²) in [5.74, 6) is -0.0188. The largest absolute Gasteiger partial charge is 0.504 e. The van der Waals surface area contributed by atoms with E-state index in [4.69, 9.17) is 4.42 Å². The first-order valence-electron chi connectivity index (χ1n) is 9.37. The fourth-order valence-corrected chi connectivity index (χ4v) is 4.65. The Balaban J connectivity index is 1.57. The number of anilines is 1. The molecule has 2 aliphatic heterocycles. The summed E-state index contributed by atoms with van der Waals surface area (Å²) in [4.78, 5) is 23.4. The zero-order chi connectivity index (χ0) is 20.7. The number of aromatic nitrogens is 1.